The SMILES string of the molecule is N#Cc1cc(-c2ccc(F)cc2C(=O)O)ccc1Cl. The van der Waals surface area contributed by atoms with Crippen molar-refractivity contribution < 1.29 is 14.3 Å². The fraction of sp³-hybridized carbons (Fsp3) is 0. The van der Waals surface area contributed by atoms with Gasteiger partial charge in [-0.25, -0.2) is 9.18 Å². The molecule has 5 heteroatoms. The van der Waals surface area contributed by atoms with Crippen LogP contribution in [0.3, 0.4) is 0 Å². The van der Waals surface area contributed by atoms with Crippen LogP contribution in [0.15, 0.2) is 36.4 Å². The lowest BCUT2D eigenvalue weighted by atomic mass is 9.98. The molecule has 19 heavy (non-hydrogen) atoms. The van der Waals surface area contributed by atoms with Crippen LogP contribution < -0.4 is 0 Å². The van der Waals surface area contributed by atoms with Crippen LogP contribution in [-0.2, 0) is 0 Å². The molecule has 0 aliphatic rings. The Balaban J connectivity index is 2.66. The third-order valence-corrected chi connectivity index (χ3v) is 2.94. The highest BCUT2D eigenvalue weighted by molar-refractivity contribution is 6.31. The lowest BCUT2D eigenvalue weighted by molar-refractivity contribution is 0.0697. The Kier molecular flexibility index (Phi) is 3.50. The highest BCUT2D eigenvalue weighted by atomic mass is 35.5. The van der Waals surface area contributed by atoms with Crippen LogP contribution in [0.25, 0.3) is 11.1 Å². The van der Waals surface area contributed by atoms with E-state index in [1.165, 1.54) is 24.3 Å². The van der Waals surface area contributed by atoms with Gasteiger partial charge in [-0.2, -0.15) is 5.26 Å². The van der Waals surface area contributed by atoms with Crippen molar-refractivity contribution in [1.29, 1.82) is 5.26 Å². The smallest absolute Gasteiger partial charge is 0.336 e. The van der Waals surface area contributed by atoms with Crippen molar-refractivity contribution in [2.75, 3.05) is 0 Å². The first-order valence-corrected chi connectivity index (χ1v) is 5.63. The molecule has 2 rings (SSSR count). The Morgan fingerprint density at radius 2 is 2.00 bits per heavy atom. The molecule has 0 aromatic heterocycles. The summed E-state index contributed by atoms with van der Waals surface area (Å²) >= 11 is 5.81. The number of nitriles is 1. The summed E-state index contributed by atoms with van der Waals surface area (Å²) < 4.78 is 13.1. The van der Waals surface area contributed by atoms with Crippen LogP contribution in [0.1, 0.15) is 15.9 Å². The van der Waals surface area contributed by atoms with E-state index in [1.54, 1.807) is 6.07 Å². The van der Waals surface area contributed by atoms with Gasteiger partial charge in [-0.1, -0.05) is 23.7 Å². The molecule has 0 unspecified atom stereocenters. The third-order valence-electron chi connectivity index (χ3n) is 2.61. The number of rotatable bonds is 2. The molecule has 94 valence electrons. The number of hydrogen-bond donors (Lipinski definition) is 1. The second kappa shape index (κ2) is 5.09. The molecular weight excluding hydrogens is 269 g/mol. The zero-order valence-electron chi connectivity index (χ0n) is 9.52. The predicted molar refractivity (Wildman–Crippen MR) is 68.5 cm³/mol. The van der Waals surface area contributed by atoms with Crippen molar-refractivity contribution in [2.24, 2.45) is 0 Å². The van der Waals surface area contributed by atoms with Crippen LogP contribution in [0, 0.1) is 17.1 Å². The first-order valence-electron chi connectivity index (χ1n) is 5.26. The minimum Gasteiger partial charge on any atom is -0.478 e. The molecule has 0 spiro atoms. The molecule has 2 aromatic carbocycles. The fourth-order valence-electron chi connectivity index (χ4n) is 1.72. The number of nitrogens with zero attached hydrogens (tertiary/aromatic N) is 1. The first-order chi connectivity index (χ1) is 9.02. The van der Waals surface area contributed by atoms with E-state index in [2.05, 4.69) is 0 Å². The largest absolute Gasteiger partial charge is 0.478 e. The van der Waals surface area contributed by atoms with Gasteiger partial charge in [-0.05, 0) is 35.4 Å². The Bertz CT molecular complexity index is 707. The van der Waals surface area contributed by atoms with Gasteiger partial charge in [0, 0.05) is 0 Å². The molecular formula is C14H7ClFNO2. The normalized spacial score (nSPS) is 9.95. The van der Waals surface area contributed by atoms with Crippen molar-refractivity contribution in [3.63, 3.8) is 0 Å². The molecule has 0 aliphatic carbocycles. The molecule has 3 nitrogen and oxygen atoms in total. The van der Waals surface area contributed by atoms with Crippen LogP contribution >= 0.6 is 11.6 Å². The van der Waals surface area contributed by atoms with Crippen LogP contribution in [0.5, 0.6) is 0 Å². The van der Waals surface area contributed by atoms with E-state index in [9.17, 15) is 9.18 Å². The van der Waals surface area contributed by atoms with Crippen molar-refractivity contribution >= 4 is 17.6 Å². The van der Waals surface area contributed by atoms with E-state index in [-0.39, 0.29) is 16.1 Å². The molecule has 0 atom stereocenters. The summed E-state index contributed by atoms with van der Waals surface area (Å²) in [5.41, 5.74) is 0.909. The molecule has 1 N–H and O–H groups in total. The molecule has 0 amide bonds. The van der Waals surface area contributed by atoms with Gasteiger partial charge in [-0.3, -0.25) is 0 Å². The molecule has 0 bridgehead atoms. The van der Waals surface area contributed by atoms with Crippen molar-refractivity contribution in [2.45, 2.75) is 0 Å². The quantitative estimate of drug-likeness (QED) is 0.909. The van der Waals surface area contributed by atoms with E-state index >= 15 is 0 Å². The van der Waals surface area contributed by atoms with Gasteiger partial charge in [0.1, 0.15) is 11.9 Å². The minimum atomic E-state index is -1.23. The number of halogens is 2. The molecule has 0 saturated heterocycles. The first kappa shape index (κ1) is 13.1. The maximum absolute atomic E-state index is 13.1. The molecule has 2 aromatic rings. The lowest BCUT2D eigenvalue weighted by Crippen LogP contribution is -2.00. The number of carboxylic acids is 1. The maximum Gasteiger partial charge on any atom is 0.336 e. The second-order valence-corrected chi connectivity index (χ2v) is 4.21. The van der Waals surface area contributed by atoms with Crippen LogP contribution in [0.4, 0.5) is 4.39 Å². The minimum absolute atomic E-state index is 0.161. The third kappa shape index (κ3) is 2.56. The van der Waals surface area contributed by atoms with E-state index in [0.717, 1.165) is 6.07 Å². The Labute approximate surface area is 113 Å². The zero-order valence-corrected chi connectivity index (χ0v) is 10.3. The Hall–Kier alpha value is -2.38. The summed E-state index contributed by atoms with van der Waals surface area (Å²) in [6.45, 7) is 0. The van der Waals surface area contributed by atoms with Gasteiger partial charge in [0.05, 0.1) is 16.1 Å². The number of aromatic carboxylic acids is 1. The van der Waals surface area contributed by atoms with Gasteiger partial charge in [0.15, 0.2) is 0 Å². The summed E-state index contributed by atoms with van der Waals surface area (Å²) in [5, 5.41) is 18.3. The van der Waals surface area contributed by atoms with E-state index in [1.807, 2.05) is 6.07 Å². The van der Waals surface area contributed by atoms with Crippen molar-refractivity contribution in [3.8, 4) is 17.2 Å². The molecule has 0 heterocycles. The number of carbonyl (C=O) groups is 1. The summed E-state index contributed by atoms with van der Waals surface area (Å²) in [7, 11) is 0. The van der Waals surface area contributed by atoms with Gasteiger partial charge in [0.2, 0.25) is 0 Å². The van der Waals surface area contributed by atoms with Gasteiger partial charge < -0.3 is 5.11 Å². The number of carboxylic acid groups (broad SMARTS) is 1. The highest BCUT2D eigenvalue weighted by Gasteiger charge is 2.14. The standard InChI is InChI=1S/C14H7ClFNO2/c15-13-4-1-8(5-9(13)7-17)11-3-2-10(16)6-12(11)14(18)19/h1-6H,(H,18,19). The second-order valence-electron chi connectivity index (χ2n) is 3.80. The van der Waals surface area contributed by atoms with E-state index in [0.29, 0.717) is 11.1 Å². The van der Waals surface area contributed by atoms with Crippen LogP contribution in [-0.4, -0.2) is 11.1 Å². The predicted octanol–water partition coefficient (Wildman–Crippen LogP) is 3.72. The fourth-order valence-corrected chi connectivity index (χ4v) is 1.88. The molecule has 0 fully saturated rings. The summed E-state index contributed by atoms with van der Waals surface area (Å²) in [5.74, 6) is -1.86. The van der Waals surface area contributed by atoms with Gasteiger partial charge in [0.25, 0.3) is 0 Å². The Morgan fingerprint density at radius 3 is 2.63 bits per heavy atom. The maximum atomic E-state index is 13.1. The zero-order chi connectivity index (χ0) is 14.0. The van der Waals surface area contributed by atoms with Gasteiger partial charge in [-0.15, -0.1) is 0 Å². The molecule has 0 saturated carbocycles. The van der Waals surface area contributed by atoms with E-state index < -0.39 is 11.8 Å². The summed E-state index contributed by atoms with van der Waals surface area (Å²) in [6, 6.07) is 9.95. The van der Waals surface area contributed by atoms with Crippen molar-refractivity contribution in [3.05, 3.63) is 58.4 Å². The highest BCUT2D eigenvalue weighted by Crippen LogP contribution is 2.28. The summed E-state index contributed by atoms with van der Waals surface area (Å²) in [4.78, 5) is 11.1. The average molecular weight is 276 g/mol. The van der Waals surface area contributed by atoms with Gasteiger partial charge >= 0.3 is 5.97 Å². The van der Waals surface area contributed by atoms with Crippen LogP contribution in [0.2, 0.25) is 5.02 Å². The Morgan fingerprint density at radius 1 is 1.26 bits per heavy atom. The average Bonchev–Trinajstić information content (AvgIpc) is 2.39. The van der Waals surface area contributed by atoms with E-state index in [4.69, 9.17) is 22.0 Å². The monoisotopic (exact) mass is 275 g/mol. The lowest BCUT2D eigenvalue weighted by Gasteiger charge is -2.07. The summed E-state index contributed by atoms with van der Waals surface area (Å²) in [6.07, 6.45) is 0. The molecule has 0 radical (unpaired) electrons. The number of hydrogen-bond acceptors (Lipinski definition) is 2. The van der Waals surface area contributed by atoms with Crippen molar-refractivity contribution in [1.82, 2.24) is 0 Å². The topological polar surface area (TPSA) is 61.1 Å². The number of benzene rings is 2. The molecule has 0 aliphatic heterocycles.